The van der Waals surface area contributed by atoms with E-state index in [4.69, 9.17) is 0 Å². The molecule has 0 radical (unpaired) electrons. The molecule has 1 aliphatic carbocycles. The van der Waals surface area contributed by atoms with Crippen LogP contribution in [0.25, 0.3) is 0 Å². The lowest BCUT2D eigenvalue weighted by Gasteiger charge is -2.13. The predicted octanol–water partition coefficient (Wildman–Crippen LogP) is 2.38. The standard InChI is InChI=1S/C16H14N4O2S/c17-8-11(15(22)20-16-18-6-3-7-19-16)14(21)12-9-23-13-5-2-1-4-10(12)13/h3,6-7,9,11H,1-2,4-5H2,(H,18,19,20,22). The van der Waals surface area contributed by atoms with Crippen molar-refractivity contribution in [1.82, 2.24) is 9.97 Å². The van der Waals surface area contributed by atoms with E-state index in [1.165, 1.54) is 28.6 Å². The summed E-state index contributed by atoms with van der Waals surface area (Å²) in [6.45, 7) is 0. The van der Waals surface area contributed by atoms with Crippen molar-refractivity contribution in [2.45, 2.75) is 25.7 Å². The van der Waals surface area contributed by atoms with Gasteiger partial charge in [-0.15, -0.1) is 11.3 Å². The number of nitriles is 1. The summed E-state index contributed by atoms with van der Waals surface area (Å²) >= 11 is 1.54. The van der Waals surface area contributed by atoms with Gasteiger partial charge < -0.3 is 0 Å². The monoisotopic (exact) mass is 326 g/mol. The number of hydrogen-bond donors (Lipinski definition) is 1. The van der Waals surface area contributed by atoms with Gasteiger partial charge in [0.25, 0.3) is 5.91 Å². The molecule has 2 aromatic rings. The van der Waals surface area contributed by atoms with Crippen LogP contribution >= 0.6 is 11.3 Å². The van der Waals surface area contributed by atoms with Crippen molar-refractivity contribution in [1.29, 1.82) is 5.26 Å². The number of amides is 1. The van der Waals surface area contributed by atoms with Crippen LogP contribution in [0.3, 0.4) is 0 Å². The number of rotatable bonds is 4. The smallest absolute Gasteiger partial charge is 0.252 e. The molecule has 0 aliphatic heterocycles. The van der Waals surface area contributed by atoms with Crippen molar-refractivity contribution < 1.29 is 9.59 Å². The molecule has 116 valence electrons. The first kappa shape index (κ1) is 15.3. The Labute approximate surface area is 137 Å². The molecule has 1 amide bonds. The molecule has 23 heavy (non-hydrogen) atoms. The summed E-state index contributed by atoms with van der Waals surface area (Å²) in [5.74, 6) is -2.45. The first-order chi connectivity index (χ1) is 11.2. The van der Waals surface area contributed by atoms with Gasteiger partial charge in [0.1, 0.15) is 0 Å². The third-order valence-corrected chi connectivity index (χ3v) is 4.87. The summed E-state index contributed by atoms with van der Waals surface area (Å²) in [4.78, 5) is 33.8. The molecule has 1 atom stereocenters. The van der Waals surface area contributed by atoms with E-state index in [0.717, 1.165) is 31.2 Å². The third kappa shape index (κ3) is 3.12. The molecule has 0 saturated heterocycles. The third-order valence-electron chi connectivity index (χ3n) is 3.78. The molecule has 0 aromatic carbocycles. The molecule has 2 aromatic heterocycles. The average Bonchev–Trinajstić information content (AvgIpc) is 3.00. The lowest BCUT2D eigenvalue weighted by atomic mass is 9.90. The van der Waals surface area contributed by atoms with Crippen LogP contribution in [0, 0.1) is 17.2 Å². The second-order valence-corrected chi connectivity index (χ2v) is 6.21. The first-order valence-corrected chi connectivity index (χ1v) is 8.19. The topological polar surface area (TPSA) is 95.7 Å². The highest BCUT2D eigenvalue weighted by molar-refractivity contribution is 7.10. The van der Waals surface area contributed by atoms with Crippen LogP contribution in [0.1, 0.15) is 33.6 Å². The zero-order chi connectivity index (χ0) is 16.2. The molecular weight excluding hydrogens is 312 g/mol. The second kappa shape index (κ2) is 6.67. The maximum absolute atomic E-state index is 12.6. The summed E-state index contributed by atoms with van der Waals surface area (Å²) in [5, 5.41) is 13.5. The van der Waals surface area contributed by atoms with Crippen molar-refractivity contribution in [3.8, 4) is 6.07 Å². The highest BCUT2D eigenvalue weighted by Gasteiger charge is 2.31. The maximum atomic E-state index is 12.6. The molecule has 1 aliphatic rings. The van der Waals surface area contributed by atoms with E-state index < -0.39 is 17.6 Å². The van der Waals surface area contributed by atoms with Gasteiger partial charge in [0.15, 0.2) is 11.7 Å². The molecular formula is C16H14N4O2S. The first-order valence-electron chi connectivity index (χ1n) is 7.31. The Hall–Kier alpha value is -2.59. The number of thiophene rings is 1. The molecule has 0 fully saturated rings. The fourth-order valence-corrected chi connectivity index (χ4v) is 3.77. The van der Waals surface area contributed by atoms with E-state index in [1.54, 1.807) is 17.5 Å². The molecule has 1 N–H and O–H groups in total. The van der Waals surface area contributed by atoms with Gasteiger partial charge in [-0.05, 0) is 37.3 Å². The van der Waals surface area contributed by atoms with E-state index in [9.17, 15) is 14.9 Å². The molecule has 0 spiro atoms. The number of hydrogen-bond acceptors (Lipinski definition) is 6. The van der Waals surface area contributed by atoms with Gasteiger partial charge >= 0.3 is 0 Å². The number of aromatic nitrogens is 2. The SMILES string of the molecule is N#CC(C(=O)Nc1ncccn1)C(=O)c1csc2c1CCCC2. The highest BCUT2D eigenvalue weighted by Crippen LogP contribution is 2.31. The lowest BCUT2D eigenvalue weighted by molar-refractivity contribution is -0.117. The molecule has 0 saturated carbocycles. The average molecular weight is 326 g/mol. The minimum Gasteiger partial charge on any atom is -0.293 e. The Morgan fingerprint density at radius 3 is 2.74 bits per heavy atom. The highest BCUT2D eigenvalue weighted by atomic mass is 32.1. The van der Waals surface area contributed by atoms with Crippen LogP contribution in [0.4, 0.5) is 5.95 Å². The minimum absolute atomic E-state index is 0.0814. The fourth-order valence-electron chi connectivity index (χ4n) is 2.64. The molecule has 1 unspecified atom stereocenters. The molecule has 7 heteroatoms. The van der Waals surface area contributed by atoms with Gasteiger partial charge in [-0.2, -0.15) is 5.26 Å². The molecule has 6 nitrogen and oxygen atoms in total. The van der Waals surface area contributed by atoms with Crippen molar-refractivity contribution in [2.75, 3.05) is 5.32 Å². The van der Waals surface area contributed by atoms with Crippen LogP contribution in [0.15, 0.2) is 23.8 Å². The molecule has 3 rings (SSSR count). The Kier molecular flexibility index (Phi) is 4.44. The van der Waals surface area contributed by atoms with Gasteiger partial charge in [-0.1, -0.05) is 0 Å². The van der Waals surface area contributed by atoms with Gasteiger partial charge in [0, 0.05) is 28.2 Å². The number of ketones is 1. The Morgan fingerprint density at radius 2 is 2.00 bits per heavy atom. The quantitative estimate of drug-likeness (QED) is 0.687. The number of carbonyl (C=O) groups is 2. The second-order valence-electron chi connectivity index (χ2n) is 5.25. The lowest BCUT2D eigenvalue weighted by Crippen LogP contribution is -2.29. The van der Waals surface area contributed by atoms with Crippen molar-refractivity contribution in [3.05, 3.63) is 39.8 Å². The number of anilines is 1. The normalized spacial score (nSPS) is 14.4. The van der Waals surface area contributed by atoms with Crippen LogP contribution in [-0.4, -0.2) is 21.7 Å². The van der Waals surface area contributed by atoms with Crippen molar-refractivity contribution >= 4 is 29.0 Å². The summed E-state index contributed by atoms with van der Waals surface area (Å²) < 4.78 is 0. The van der Waals surface area contributed by atoms with Crippen LogP contribution in [-0.2, 0) is 17.6 Å². The minimum atomic E-state index is -1.39. The van der Waals surface area contributed by atoms with E-state index in [1.807, 2.05) is 0 Å². The summed E-state index contributed by atoms with van der Waals surface area (Å²) in [6.07, 6.45) is 6.90. The zero-order valence-corrected chi connectivity index (χ0v) is 13.1. The number of carbonyl (C=O) groups excluding carboxylic acids is 2. The Bertz CT molecular complexity index is 779. The summed E-state index contributed by atoms with van der Waals surface area (Å²) in [7, 11) is 0. The van der Waals surface area contributed by atoms with Gasteiger partial charge in [0.2, 0.25) is 5.95 Å². The van der Waals surface area contributed by atoms with Crippen LogP contribution < -0.4 is 5.32 Å². The van der Waals surface area contributed by atoms with E-state index in [0.29, 0.717) is 5.56 Å². The number of Topliss-reactive ketones (excluding diaryl/α,β-unsaturated/α-hetero) is 1. The number of nitrogens with one attached hydrogen (secondary N) is 1. The van der Waals surface area contributed by atoms with E-state index in [-0.39, 0.29) is 5.95 Å². The van der Waals surface area contributed by atoms with E-state index in [2.05, 4.69) is 15.3 Å². The number of nitrogens with zero attached hydrogens (tertiary/aromatic N) is 3. The van der Waals surface area contributed by atoms with Crippen molar-refractivity contribution in [3.63, 3.8) is 0 Å². The predicted molar refractivity (Wildman–Crippen MR) is 85.1 cm³/mol. The molecule has 2 heterocycles. The zero-order valence-electron chi connectivity index (χ0n) is 12.3. The van der Waals surface area contributed by atoms with Crippen LogP contribution in [0.5, 0.6) is 0 Å². The molecule has 0 bridgehead atoms. The number of aryl methyl sites for hydroxylation is 1. The fraction of sp³-hybridized carbons (Fsp3) is 0.312. The summed E-state index contributed by atoms with van der Waals surface area (Å²) in [6, 6.07) is 3.42. The van der Waals surface area contributed by atoms with Gasteiger partial charge in [0.05, 0.1) is 6.07 Å². The largest absolute Gasteiger partial charge is 0.293 e. The Balaban J connectivity index is 1.81. The van der Waals surface area contributed by atoms with Crippen molar-refractivity contribution in [2.24, 2.45) is 5.92 Å². The maximum Gasteiger partial charge on any atom is 0.252 e. The number of fused-ring (bicyclic) bond motifs is 1. The van der Waals surface area contributed by atoms with E-state index >= 15 is 0 Å². The van der Waals surface area contributed by atoms with Gasteiger partial charge in [-0.25, -0.2) is 9.97 Å². The Morgan fingerprint density at radius 1 is 1.26 bits per heavy atom. The summed E-state index contributed by atoms with van der Waals surface area (Å²) in [5.41, 5.74) is 1.52. The van der Waals surface area contributed by atoms with Gasteiger partial charge in [-0.3, -0.25) is 14.9 Å². The van der Waals surface area contributed by atoms with Crippen LogP contribution in [0.2, 0.25) is 0 Å².